The summed E-state index contributed by atoms with van der Waals surface area (Å²) in [5.41, 5.74) is 8.19. The lowest BCUT2D eigenvalue weighted by Crippen LogP contribution is -2.57. The van der Waals surface area contributed by atoms with E-state index in [-0.39, 0.29) is 5.82 Å². The molecule has 0 atom stereocenters. The first-order valence-corrected chi connectivity index (χ1v) is 11.9. The summed E-state index contributed by atoms with van der Waals surface area (Å²) in [6, 6.07) is 16.8. The van der Waals surface area contributed by atoms with E-state index in [0.717, 1.165) is 74.3 Å². The summed E-state index contributed by atoms with van der Waals surface area (Å²) in [5, 5.41) is 3.34. The minimum absolute atomic E-state index is 0.199. The van der Waals surface area contributed by atoms with Crippen LogP contribution < -0.4 is 10.3 Å². The van der Waals surface area contributed by atoms with E-state index in [2.05, 4.69) is 63.3 Å². The maximum absolute atomic E-state index is 13.6. The second kappa shape index (κ2) is 9.22. The summed E-state index contributed by atoms with van der Waals surface area (Å²) in [6.07, 6.45) is 2.31. The molecular formula is C26H34FN5. The van der Waals surface area contributed by atoms with Crippen LogP contribution in [0, 0.1) is 5.82 Å². The van der Waals surface area contributed by atoms with Crippen molar-refractivity contribution in [3.8, 4) is 11.3 Å². The Morgan fingerprint density at radius 2 is 1.72 bits per heavy atom. The molecular weight excluding hydrogens is 401 g/mol. The Kier molecular flexibility index (Phi) is 6.17. The first-order valence-electron chi connectivity index (χ1n) is 11.9. The predicted molar refractivity (Wildman–Crippen MR) is 130 cm³/mol. The first kappa shape index (κ1) is 21.4. The monoisotopic (exact) mass is 435 g/mol. The number of benzene rings is 2. The summed E-state index contributed by atoms with van der Waals surface area (Å²) in [4.78, 5) is 8.47. The maximum Gasteiger partial charge on any atom is 0.123 e. The van der Waals surface area contributed by atoms with Gasteiger partial charge < -0.3 is 9.88 Å². The number of piperazine rings is 1. The summed E-state index contributed by atoms with van der Waals surface area (Å²) >= 11 is 0. The van der Waals surface area contributed by atoms with Gasteiger partial charge in [0.15, 0.2) is 0 Å². The molecule has 5 rings (SSSR count). The second-order valence-corrected chi connectivity index (χ2v) is 9.47. The highest BCUT2D eigenvalue weighted by Gasteiger charge is 2.24. The molecule has 0 amide bonds. The van der Waals surface area contributed by atoms with Crippen LogP contribution >= 0.6 is 0 Å². The Morgan fingerprint density at radius 1 is 0.938 bits per heavy atom. The molecule has 32 heavy (non-hydrogen) atoms. The van der Waals surface area contributed by atoms with Gasteiger partial charge in [-0.2, -0.15) is 0 Å². The van der Waals surface area contributed by atoms with Gasteiger partial charge in [0.25, 0.3) is 0 Å². The molecule has 2 aromatic carbocycles. The van der Waals surface area contributed by atoms with Crippen LogP contribution in [0.4, 0.5) is 10.1 Å². The van der Waals surface area contributed by atoms with Gasteiger partial charge in [0.1, 0.15) is 5.82 Å². The fourth-order valence-electron chi connectivity index (χ4n) is 5.02. The van der Waals surface area contributed by atoms with Crippen LogP contribution in [0.5, 0.6) is 0 Å². The number of H-pyrrole nitrogens is 1. The number of nitrogens with one attached hydrogen (secondary N) is 2. The zero-order valence-corrected chi connectivity index (χ0v) is 19.1. The number of fused-ring (bicyclic) bond motifs is 1. The van der Waals surface area contributed by atoms with Gasteiger partial charge in [0.05, 0.1) is 0 Å². The van der Waals surface area contributed by atoms with Gasteiger partial charge >= 0.3 is 0 Å². The number of anilines is 1. The predicted octanol–water partition coefficient (Wildman–Crippen LogP) is 4.47. The summed E-state index contributed by atoms with van der Waals surface area (Å²) in [6.45, 7) is 11.2. The number of piperidine rings is 1. The zero-order chi connectivity index (χ0) is 22.1. The fraction of sp³-hybridized carbons (Fsp3) is 0.462. The molecule has 3 aromatic rings. The molecule has 170 valence electrons. The lowest BCUT2D eigenvalue weighted by Gasteiger charge is -2.41. The highest BCUT2D eigenvalue weighted by molar-refractivity contribution is 5.86. The van der Waals surface area contributed by atoms with E-state index in [1.807, 2.05) is 6.07 Å². The molecule has 0 unspecified atom stereocenters. The van der Waals surface area contributed by atoms with Crippen molar-refractivity contribution < 1.29 is 4.39 Å². The van der Waals surface area contributed by atoms with Gasteiger partial charge in [-0.15, -0.1) is 0 Å². The van der Waals surface area contributed by atoms with E-state index < -0.39 is 0 Å². The molecule has 3 heterocycles. The lowest BCUT2D eigenvalue weighted by atomic mass is 10.0. The van der Waals surface area contributed by atoms with Crippen molar-refractivity contribution in [2.75, 3.05) is 44.2 Å². The average molecular weight is 436 g/mol. The van der Waals surface area contributed by atoms with Crippen molar-refractivity contribution >= 4 is 16.6 Å². The highest BCUT2D eigenvalue weighted by Crippen LogP contribution is 2.29. The number of hydrazine groups is 1. The van der Waals surface area contributed by atoms with Crippen molar-refractivity contribution in [2.24, 2.45) is 0 Å². The Morgan fingerprint density at radius 3 is 2.47 bits per heavy atom. The molecule has 2 fully saturated rings. The molecule has 0 spiro atoms. The largest absolute Gasteiger partial charge is 0.371 e. The number of hydrogen-bond donors (Lipinski definition) is 2. The van der Waals surface area contributed by atoms with Gasteiger partial charge in [-0.05, 0) is 68.7 Å². The third-order valence-corrected chi connectivity index (χ3v) is 7.01. The number of hydrogen-bond acceptors (Lipinski definition) is 4. The summed E-state index contributed by atoms with van der Waals surface area (Å²) < 4.78 is 13.6. The molecule has 6 heteroatoms. The Hall–Kier alpha value is -2.41. The highest BCUT2D eigenvalue weighted by atomic mass is 19.1. The van der Waals surface area contributed by atoms with Crippen molar-refractivity contribution in [3.05, 3.63) is 54.3 Å². The third kappa shape index (κ3) is 4.68. The second-order valence-electron chi connectivity index (χ2n) is 9.47. The number of aromatic nitrogens is 1. The topological polar surface area (TPSA) is 37.5 Å². The van der Waals surface area contributed by atoms with Crippen LogP contribution in [-0.2, 0) is 0 Å². The quantitative estimate of drug-likeness (QED) is 0.620. The van der Waals surface area contributed by atoms with Gasteiger partial charge in [-0.25, -0.2) is 9.40 Å². The summed E-state index contributed by atoms with van der Waals surface area (Å²) in [5.74, 6) is -0.199. The van der Waals surface area contributed by atoms with E-state index in [4.69, 9.17) is 0 Å². The Bertz CT molecular complexity index is 1050. The van der Waals surface area contributed by atoms with Crippen LogP contribution in [0.15, 0.2) is 48.5 Å². The number of aromatic amines is 1. The molecule has 0 radical (unpaired) electrons. The molecule has 1 aromatic heterocycles. The smallest absolute Gasteiger partial charge is 0.123 e. The summed E-state index contributed by atoms with van der Waals surface area (Å²) in [7, 11) is 0. The van der Waals surface area contributed by atoms with Crippen molar-refractivity contribution in [3.63, 3.8) is 0 Å². The normalized spacial score (nSPS) is 19.3. The van der Waals surface area contributed by atoms with Crippen LogP contribution in [0.3, 0.4) is 0 Å². The number of nitrogens with zero attached hydrogens (tertiary/aromatic N) is 3. The SMILES string of the molecule is CC(C)N1CCN(NC2CCN(c3cccc(-c4cc5cc(F)ccc5[nH]4)c3)CC2)CC1. The van der Waals surface area contributed by atoms with E-state index in [1.54, 1.807) is 12.1 Å². The van der Waals surface area contributed by atoms with Crippen LogP contribution in [0.2, 0.25) is 0 Å². The minimum Gasteiger partial charge on any atom is -0.371 e. The van der Waals surface area contributed by atoms with Crippen molar-refractivity contribution in [1.29, 1.82) is 0 Å². The van der Waals surface area contributed by atoms with Crippen LogP contribution in [0.25, 0.3) is 22.2 Å². The standard InChI is InChI=1S/C26H34FN5/c1-19(2)30-12-14-32(15-13-30)29-23-8-10-31(11-9-23)24-5-3-4-20(17-24)26-18-21-16-22(27)6-7-25(21)28-26/h3-7,16-19,23,28-29H,8-15H2,1-2H3. The lowest BCUT2D eigenvalue weighted by molar-refractivity contribution is 0.0558. The van der Waals surface area contributed by atoms with Gasteiger partial charge in [0.2, 0.25) is 0 Å². The van der Waals surface area contributed by atoms with E-state index >= 15 is 0 Å². The van der Waals surface area contributed by atoms with Crippen LogP contribution in [0.1, 0.15) is 26.7 Å². The average Bonchev–Trinajstić information content (AvgIpc) is 3.23. The van der Waals surface area contributed by atoms with Crippen molar-refractivity contribution in [2.45, 2.75) is 38.8 Å². The molecule has 0 bridgehead atoms. The minimum atomic E-state index is -0.199. The van der Waals surface area contributed by atoms with Crippen molar-refractivity contribution in [1.82, 2.24) is 20.3 Å². The Balaban J connectivity index is 1.19. The molecule has 2 aliphatic heterocycles. The van der Waals surface area contributed by atoms with Gasteiger partial charge in [-0.1, -0.05) is 12.1 Å². The van der Waals surface area contributed by atoms with E-state index in [1.165, 1.54) is 11.8 Å². The molecule has 2 N–H and O–H groups in total. The molecule has 0 saturated carbocycles. The molecule has 2 saturated heterocycles. The molecule has 5 nitrogen and oxygen atoms in total. The van der Waals surface area contributed by atoms with E-state index in [0.29, 0.717) is 12.1 Å². The zero-order valence-electron chi connectivity index (χ0n) is 19.1. The molecule has 0 aliphatic carbocycles. The number of halogens is 1. The fourth-order valence-corrected chi connectivity index (χ4v) is 5.02. The number of rotatable bonds is 5. The first-order chi connectivity index (χ1) is 15.5. The third-order valence-electron chi connectivity index (χ3n) is 7.01. The van der Waals surface area contributed by atoms with Gasteiger partial charge in [0, 0.05) is 73.6 Å². The Labute approximate surface area is 190 Å². The van der Waals surface area contributed by atoms with Gasteiger partial charge in [-0.3, -0.25) is 10.3 Å². The van der Waals surface area contributed by atoms with E-state index in [9.17, 15) is 4.39 Å². The maximum atomic E-state index is 13.6. The molecule has 2 aliphatic rings. The van der Waals surface area contributed by atoms with Crippen LogP contribution in [-0.4, -0.2) is 66.2 Å².